The molecule has 2 aromatic rings. The Kier molecular flexibility index (Phi) is 7.65. The second kappa shape index (κ2) is 9.00. The Labute approximate surface area is 148 Å². The van der Waals surface area contributed by atoms with E-state index in [-0.39, 0.29) is 24.2 Å². The smallest absolute Gasteiger partial charge is 0.257 e. The summed E-state index contributed by atoms with van der Waals surface area (Å²) in [6, 6.07) is 7.17. The van der Waals surface area contributed by atoms with E-state index in [2.05, 4.69) is 20.2 Å². The van der Waals surface area contributed by atoms with Crippen molar-refractivity contribution in [1.82, 2.24) is 15.5 Å². The first-order valence-corrected chi connectivity index (χ1v) is 9.19. The number of anilines is 1. The fraction of sp³-hybridized carbons (Fsp3) is 0.467. The maximum absolute atomic E-state index is 11.8. The predicted octanol–water partition coefficient (Wildman–Crippen LogP) is 2.46. The Morgan fingerprint density at radius 1 is 1.33 bits per heavy atom. The molecule has 0 spiro atoms. The van der Waals surface area contributed by atoms with Crippen LogP contribution in [0.15, 0.2) is 28.8 Å². The Morgan fingerprint density at radius 2 is 2.08 bits per heavy atom. The second-order valence-corrected chi connectivity index (χ2v) is 7.25. The van der Waals surface area contributed by atoms with Crippen molar-refractivity contribution in [3.8, 4) is 11.5 Å². The molecule has 0 aliphatic carbocycles. The summed E-state index contributed by atoms with van der Waals surface area (Å²) in [5.41, 5.74) is 1.16. The fourth-order valence-corrected chi connectivity index (χ4v) is 3.17. The molecule has 0 aliphatic rings. The summed E-state index contributed by atoms with van der Waals surface area (Å²) in [4.78, 5) is 4.35. The van der Waals surface area contributed by atoms with Gasteiger partial charge < -0.3 is 9.84 Å². The van der Waals surface area contributed by atoms with Crippen molar-refractivity contribution in [2.75, 3.05) is 17.5 Å². The van der Waals surface area contributed by atoms with E-state index >= 15 is 0 Å². The van der Waals surface area contributed by atoms with Crippen molar-refractivity contribution in [1.29, 1.82) is 0 Å². The number of benzene rings is 1. The Hall–Kier alpha value is -1.64. The third-order valence-electron chi connectivity index (χ3n) is 3.31. The maximum Gasteiger partial charge on any atom is 0.257 e. The zero-order chi connectivity index (χ0) is 16.9. The number of aromatic nitrogens is 2. The van der Waals surface area contributed by atoms with Crippen LogP contribution in [0.5, 0.6) is 0 Å². The maximum atomic E-state index is 11.8. The summed E-state index contributed by atoms with van der Waals surface area (Å²) in [5.74, 6) is 1.07. The van der Waals surface area contributed by atoms with Crippen LogP contribution in [0.25, 0.3) is 11.5 Å². The molecule has 0 saturated carbocycles. The SMILES string of the molecule is CCCS(=O)(=O)Nc1cccc(-c2nc(CC(C)NC)no2)c1.Cl. The molecule has 2 rings (SSSR count). The first kappa shape index (κ1) is 20.4. The number of sulfonamides is 1. The van der Waals surface area contributed by atoms with E-state index in [1.165, 1.54) is 0 Å². The van der Waals surface area contributed by atoms with Gasteiger partial charge in [-0.3, -0.25) is 4.72 Å². The average molecular weight is 375 g/mol. The molecule has 1 aromatic carbocycles. The van der Waals surface area contributed by atoms with Gasteiger partial charge in [0, 0.05) is 23.7 Å². The van der Waals surface area contributed by atoms with Crippen LogP contribution in [-0.4, -0.2) is 37.4 Å². The molecule has 1 unspecified atom stereocenters. The first-order chi connectivity index (χ1) is 10.9. The molecule has 1 aromatic heterocycles. The van der Waals surface area contributed by atoms with Crippen LogP contribution in [0.4, 0.5) is 5.69 Å². The minimum Gasteiger partial charge on any atom is -0.334 e. The summed E-state index contributed by atoms with van der Waals surface area (Å²) < 4.78 is 31.5. The van der Waals surface area contributed by atoms with Gasteiger partial charge in [-0.15, -0.1) is 12.4 Å². The summed E-state index contributed by atoms with van der Waals surface area (Å²) in [5, 5.41) is 7.06. The lowest BCUT2D eigenvalue weighted by atomic mass is 10.2. The lowest BCUT2D eigenvalue weighted by molar-refractivity contribution is 0.418. The van der Waals surface area contributed by atoms with E-state index in [4.69, 9.17) is 4.52 Å². The molecule has 1 atom stereocenters. The number of likely N-dealkylation sites (N-methyl/N-ethyl adjacent to an activating group) is 1. The molecule has 0 saturated heterocycles. The Bertz CT molecular complexity index is 749. The topological polar surface area (TPSA) is 97.1 Å². The van der Waals surface area contributed by atoms with Crippen LogP contribution in [0.3, 0.4) is 0 Å². The molecule has 9 heteroatoms. The lowest BCUT2D eigenvalue weighted by Gasteiger charge is -2.07. The normalized spacial score (nSPS) is 12.5. The van der Waals surface area contributed by atoms with E-state index in [0.29, 0.717) is 35.8 Å². The number of nitrogens with one attached hydrogen (secondary N) is 2. The van der Waals surface area contributed by atoms with Gasteiger partial charge in [-0.2, -0.15) is 4.98 Å². The monoisotopic (exact) mass is 374 g/mol. The minimum atomic E-state index is -3.32. The Balaban J connectivity index is 0.00000288. The molecule has 0 fully saturated rings. The molecular weight excluding hydrogens is 352 g/mol. The highest BCUT2D eigenvalue weighted by atomic mass is 35.5. The largest absolute Gasteiger partial charge is 0.334 e. The first-order valence-electron chi connectivity index (χ1n) is 7.54. The zero-order valence-corrected chi connectivity index (χ0v) is 15.6. The summed E-state index contributed by atoms with van der Waals surface area (Å²) >= 11 is 0. The van der Waals surface area contributed by atoms with Crippen LogP contribution >= 0.6 is 12.4 Å². The van der Waals surface area contributed by atoms with Gasteiger partial charge in [0.25, 0.3) is 5.89 Å². The number of rotatable bonds is 8. The van der Waals surface area contributed by atoms with Gasteiger partial charge in [0.05, 0.1) is 5.75 Å². The highest BCUT2D eigenvalue weighted by Crippen LogP contribution is 2.22. The van der Waals surface area contributed by atoms with Gasteiger partial charge in [0.2, 0.25) is 10.0 Å². The van der Waals surface area contributed by atoms with Crippen LogP contribution in [0.1, 0.15) is 26.1 Å². The highest BCUT2D eigenvalue weighted by molar-refractivity contribution is 7.92. The number of nitrogens with zero attached hydrogens (tertiary/aromatic N) is 2. The molecule has 134 valence electrons. The van der Waals surface area contributed by atoms with Gasteiger partial charge in [0.15, 0.2) is 5.82 Å². The van der Waals surface area contributed by atoms with E-state index in [1.54, 1.807) is 24.3 Å². The molecule has 0 amide bonds. The van der Waals surface area contributed by atoms with E-state index in [9.17, 15) is 8.42 Å². The fourth-order valence-electron chi connectivity index (χ4n) is 2.05. The van der Waals surface area contributed by atoms with Crippen molar-refractivity contribution in [3.05, 3.63) is 30.1 Å². The number of halogens is 1. The van der Waals surface area contributed by atoms with Crippen molar-refractivity contribution >= 4 is 28.1 Å². The average Bonchev–Trinajstić information content (AvgIpc) is 2.95. The molecule has 0 bridgehead atoms. The summed E-state index contributed by atoms with van der Waals surface area (Å²) in [6.45, 7) is 3.85. The summed E-state index contributed by atoms with van der Waals surface area (Å²) in [7, 11) is -1.45. The quantitative estimate of drug-likeness (QED) is 0.736. The predicted molar refractivity (Wildman–Crippen MR) is 96.9 cm³/mol. The van der Waals surface area contributed by atoms with Crippen molar-refractivity contribution in [2.45, 2.75) is 32.7 Å². The van der Waals surface area contributed by atoms with Crippen LogP contribution in [0.2, 0.25) is 0 Å². The Morgan fingerprint density at radius 3 is 2.75 bits per heavy atom. The summed E-state index contributed by atoms with van der Waals surface area (Å²) in [6.07, 6.45) is 1.22. The van der Waals surface area contributed by atoms with Gasteiger partial charge >= 0.3 is 0 Å². The van der Waals surface area contributed by atoms with Gasteiger partial charge in [-0.05, 0) is 38.6 Å². The molecular formula is C15H23ClN4O3S. The lowest BCUT2D eigenvalue weighted by Crippen LogP contribution is -2.24. The van der Waals surface area contributed by atoms with Gasteiger partial charge in [-0.1, -0.05) is 18.1 Å². The third kappa shape index (κ3) is 5.77. The standard InChI is InChI=1S/C15H22N4O3S.ClH/c1-4-8-23(20,21)19-13-7-5-6-12(10-13)15-17-14(18-22-15)9-11(2)16-3;/h5-7,10-11,16,19H,4,8-9H2,1-3H3;1H. The van der Waals surface area contributed by atoms with Gasteiger partial charge in [-0.25, -0.2) is 8.42 Å². The zero-order valence-electron chi connectivity index (χ0n) is 13.9. The van der Waals surface area contributed by atoms with Crippen LogP contribution in [0, 0.1) is 0 Å². The van der Waals surface area contributed by atoms with Crippen LogP contribution in [-0.2, 0) is 16.4 Å². The molecule has 0 aliphatic heterocycles. The third-order valence-corrected chi connectivity index (χ3v) is 4.80. The number of hydrogen-bond donors (Lipinski definition) is 2. The minimum absolute atomic E-state index is 0. The molecule has 7 nitrogen and oxygen atoms in total. The van der Waals surface area contributed by atoms with Gasteiger partial charge in [0.1, 0.15) is 0 Å². The highest BCUT2D eigenvalue weighted by Gasteiger charge is 2.13. The molecule has 0 radical (unpaired) electrons. The van der Waals surface area contributed by atoms with Crippen molar-refractivity contribution in [2.24, 2.45) is 0 Å². The van der Waals surface area contributed by atoms with Crippen molar-refractivity contribution in [3.63, 3.8) is 0 Å². The van der Waals surface area contributed by atoms with E-state index in [1.807, 2.05) is 20.9 Å². The van der Waals surface area contributed by atoms with Crippen molar-refractivity contribution < 1.29 is 12.9 Å². The molecule has 1 heterocycles. The van der Waals surface area contributed by atoms with Crippen LogP contribution < -0.4 is 10.0 Å². The molecule has 24 heavy (non-hydrogen) atoms. The number of hydrogen-bond acceptors (Lipinski definition) is 6. The second-order valence-electron chi connectivity index (χ2n) is 5.41. The molecule has 2 N–H and O–H groups in total. The van der Waals surface area contributed by atoms with E-state index in [0.717, 1.165) is 0 Å². The van der Waals surface area contributed by atoms with E-state index < -0.39 is 10.0 Å².